The largest absolute Gasteiger partial charge is 0.360 e. The molecule has 6 nitrogen and oxygen atoms in total. The van der Waals surface area contributed by atoms with Crippen LogP contribution in [0.25, 0.3) is 0 Å². The van der Waals surface area contributed by atoms with E-state index in [9.17, 15) is 0 Å². The molecule has 1 N–H and O–H groups in total. The van der Waals surface area contributed by atoms with Crippen molar-refractivity contribution < 1.29 is 4.90 Å². The maximum absolute atomic E-state index is 4.44. The van der Waals surface area contributed by atoms with E-state index in [0.717, 1.165) is 45.0 Å². The summed E-state index contributed by atoms with van der Waals surface area (Å²) in [4.78, 5) is 4.09. The van der Waals surface area contributed by atoms with E-state index in [-0.39, 0.29) is 0 Å². The van der Waals surface area contributed by atoms with Crippen LogP contribution in [0.15, 0.2) is 30.3 Å². The van der Waals surface area contributed by atoms with Gasteiger partial charge in [0.05, 0.1) is 26.2 Å². The number of hydrogen-bond acceptors (Lipinski definition) is 4. The number of anilines is 1. The molecule has 2 heterocycles. The van der Waals surface area contributed by atoms with Crippen LogP contribution in [0.5, 0.6) is 0 Å². The number of para-hydroxylation sites is 1. The predicted octanol–water partition coefficient (Wildman–Crippen LogP) is 1.82. The Balaban J connectivity index is 1.69. The van der Waals surface area contributed by atoms with Crippen LogP contribution in [0.4, 0.5) is 5.69 Å². The van der Waals surface area contributed by atoms with E-state index in [2.05, 4.69) is 78.5 Å². The smallest absolute Gasteiger partial charge is 0.209 e. The summed E-state index contributed by atoms with van der Waals surface area (Å²) in [6, 6.07) is 11.1. The third kappa shape index (κ3) is 4.41. The van der Waals surface area contributed by atoms with E-state index >= 15 is 0 Å². The summed E-state index contributed by atoms with van der Waals surface area (Å²) < 4.78 is 2.04. The molecule has 1 aliphatic heterocycles. The van der Waals surface area contributed by atoms with Crippen molar-refractivity contribution in [2.24, 2.45) is 11.8 Å². The van der Waals surface area contributed by atoms with Crippen LogP contribution in [-0.4, -0.2) is 46.4 Å². The topological polar surface area (TPSA) is 51.3 Å². The molecule has 0 aliphatic carbocycles. The van der Waals surface area contributed by atoms with Gasteiger partial charge in [-0.2, -0.15) is 0 Å². The van der Waals surface area contributed by atoms with Gasteiger partial charge >= 0.3 is 0 Å². The summed E-state index contributed by atoms with van der Waals surface area (Å²) in [6.45, 7) is 14.4. The number of tetrazole rings is 1. The molecule has 0 amide bonds. The van der Waals surface area contributed by atoms with Crippen LogP contribution in [-0.2, 0) is 6.54 Å². The van der Waals surface area contributed by atoms with Crippen molar-refractivity contribution in [3.8, 4) is 0 Å². The van der Waals surface area contributed by atoms with Crippen molar-refractivity contribution in [2.75, 3.05) is 31.1 Å². The van der Waals surface area contributed by atoms with E-state index in [1.807, 2.05) is 4.68 Å². The Morgan fingerprint density at radius 1 is 1.04 bits per heavy atom. The number of aromatic nitrogens is 4. The highest BCUT2D eigenvalue weighted by Gasteiger charge is 2.35. The van der Waals surface area contributed by atoms with Crippen LogP contribution in [0.2, 0.25) is 0 Å². The Morgan fingerprint density at radius 3 is 2.35 bits per heavy atom. The first-order valence-electron chi connectivity index (χ1n) is 9.97. The Labute approximate surface area is 157 Å². The van der Waals surface area contributed by atoms with Gasteiger partial charge in [0.25, 0.3) is 0 Å². The molecule has 0 unspecified atom stereocenters. The Bertz CT molecular complexity index is 658. The van der Waals surface area contributed by atoms with Gasteiger partial charge < -0.3 is 9.80 Å². The zero-order valence-electron chi connectivity index (χ0n) is 16.6. The summed E-state index contributed by atoms with van der Waals surface area (Å²) in [5.41, 5.74) is 1.33. The summed E-state index contributed by atoms with van der Waals surface area (Å²) >= 11 is 0. The summed E-state index contributed by atoms with van der Waals surface area (Å²) in [7, 11) is 0. The Hall–Kier alpha value is -1.95. The zero-order chi connectivity index (χ0) is 18.5. The highest BCUT2D eigenvalue weighted by molar-refractivity contribution is 5.46. The van der Waals surface area contributed by atoms with Gasteiger partial charge in [0, 0.05) is 18.2 Å². The number of nitrogens with zero attached hydrogens (tertiary/aromatic N) is 5. The second-order valence-corrected chi connectivity index (χ2v) is 8.15. The van der Waals surface area contributed by atoms with Crippen LogP contribution in [0.1, 0.15) is 46.0 Å². The van der Waals surface area contributed by atoms with Gasteiger partial charge in [0.15, 0.2) is 6.04 Å². The van der Waals surface area contributed by atoms with Gasteiger partial charge in [-0.15, -0.1) is 5.10 Å². The molecule has 1 fully saturated rings. The fourth-order valence-electron chi connectivity index (χ4n) is 3.93. The van der Waals surface area contributed by atoms with Gasteiger partial charge in [-0.1, -0.05) is 45.9 Å². The lowest BCUT2D eigenvalue weighted by molar-refractivity contribution is -0.937. The molecule has 1 atom stereocenters. The molecule has 1 aromatic heterocycles. The van der Waals surface area contributed by atoms with Crippen molar-refractivity contribution in [1.29, 1.82) is 0 Å². The monoisotopic (exact) mass is 357 g/mol. The van der Waals surface area contributed by atoms with Crippen molar-refractivity contribution in [2.45, 2.75) is 46.7 Å². The summed E-state index contributed by atoms with van der Waals surface area (Å²) in [5, 5.41) is 12.7. The number of quaternary nitrogens is 1. The van der Waals surface area contributed by atoms with Crippen molar-refractivity contribution in [1.82, 2.24) is 20.2 Å². The van der Waals surface area contributed by atoms with E-state index in [0.29, 0.717) is 17.9 Å². The molecular weight excluding hydrogens is 324 g/mol. The fraction of sp³-hybridized carbons (Fsp3) is 0.650. The highest BCUT2D eigenvalue weighted by Crippen LogP contribution is 2.18. The van der Waals surface area contributed by atoms with Gasteiger partial charge in [-0.3, -0.25) is 0 Å². The molecule has 2 aromatic rings. The van der Waals surface area contributed by atoms with Gasteiger partial charge in [-0.25, -0.2) is 4.68 Å². The minimum Gasteiger partial charge on any atom is -0.360 e. The first-order chi connectivity index (χ1) is 12.6. The van der Waals surface area contributed by atoms with E-state index in [4.69, 9.17) is 0 Å². The highest BCUT2D eigenvalue weighted by atomic mass is 15.6. The third-order valence-electron chi connectivity index (χ3n) is 5.39. The second-order valence-electron chi connectivity index (χ2n) is 8.15. The molecule has 142 valence electrons. The second kappa shape index (κ2) is 8.62. The zero-order valence-corrected chi connectivity index (χ0v) is 16.6. The van der Waals surface area contributed by atoms with Gasteiger partial charge in [-0.05, 0) is 34.9 Å². The number of nitrogens with one attached hydrogen (secondary N) is 1. The molecule has 26 heavy (non-hydrogen) atoms. The molecular formula is C20H33N6+. The molecule has 0 radical (unpaired) electrons. The van der Waals surface area contributed by atoms with Crippen LogP contribution < -0.4 is 9.80 Å². The third-order valence-corrected chi connectivity index (χ3v) is 5.39. The Kier molecular flexibility index (Phi) is 6.25. The minimum absolute atomic E-state index is 0.357. The SMILES string of the molecule is CC(C)CCn1nnnc1[C@@H](C(C)C)[NH+]1CCN(c2ccccc2)CC1. The lowest BCUT2D eigenvalue weighted by Crippen LogP contribution is -3.15. The predicted molar refractivity (Wildman–Crippen MR) is 104 cm³/mol. The average molecular weight is 358 g/mol. The molecule has 1 aliphatic rings. The molecule has 0 bridgehead atoms. The number of hydrogen-bond donors (Lipinski definition) is 1. The number of rotatable bonds is 7. The molecule has 1 saturated heterocycles. The van der Waals surface area contributed by atoms with Crippen molar-refractivity contribution in [3.05, 3.63) is 36.2 Å². The molecule has 1 aromatic carbocycles. The average Bonchev–Trinajstić information content (AvgIpc) is 3.09. The molecule has 0 saturated carbocycles. The first-order valence-corrected chi connectivity index (χ1v) is 9.97. The van der Waals surface area contributed by atoms with E-state index < -0.39 is 0 Å². The number of benzene rings is 1. The van der Waals surface area contributed by atoms with E-state index in [1.165, 1.54) is 5.69 Å². The lowest BCUT2D eigenvalue weighted by atomic mass is 10.0. The summed E-state index contributed by atoms with van der Waals surface area (Å²) in [5.74, 6) is 2.23. The Morgan fingerprint density at radius 2 is 1.73 bits per heavy atom. The lowest BCUT2D eigenvalue weighted by Gasteiger charge is -2.38. The normalized spacial score (nSPS) is 17.2. The van der Waals surface area contributed by atoms with Crippen molar-refractivity contribution >= 4 is 5.69 Å². The van der Waals surface area contributed by atoms with Crippen LogP contribution >= 0.6 is 0 Å². The molecule has 6 heteroatoms. The maximum Gasteiger partial charge on any atom is 0.209 e. The van der Waals surface area contributed by atoms with Crippen LogP contribution in [0.3, 0.4) is 0 Å². The maximum atomic E-state index is 4.44. The van der Waals surface area contributed by atoms with E-state index in [1.54, 1.807) is 4.90 Å². The summed E-state index contributed by atoms with van der Waals surface area (Å²) in [6.07, 6.45) is 1.11. The number of piperazine rings is 1. The quantitative estimate of drug-likeness (QED) is 0.821. The standard InChI is InChI=1S/C20H32N6/c1-16(2)10-11-26-20(21-22-23-26)19(17(3)4)25-14-12-24(13-15-25)18-8-6-5-7-9-18/h5-9,16-17,19H,10-15H2,1-4H3/p+1/t19-/m1/s1. The molecule has 0 spiro atoms. The molecule has 3 rings (SSSR count). The first kappa shape index (κ1) is 18.8. The van der Waals surface area contributed by atoms with Gasteiger partial charge in [0.2, 0.25) is 5.82 Å². The van der Waals surface area contributed by atoms with Crippen molar-refractivity contribution in [3.63, 3.8) is 0 Å². The van der Waals surface area contributed by atoms with Gasteiger partial charge in [0.1, 0.15) is 0 Å². The number of aryl methyl sites for hydroxylation is 1. The fourth-order valence-corrected chi connectivity index (χ4v) is 3.93. The van der Waals surface area contributed by atoms with Crippen LogP contribution in [0, 0.1) is 11.8 Å². The minimum atomic E-state index is 0.357.